The summed E-state index contributed by atoms with van der Waals surface area (Å²) in [6, 6.07) is -4.97. The second-order valence-electron chi connectivity index (χ2n) is 10.1. The smallest absolute Gasteiger partial charge is 0.0616 e. The van der Waals surface area contributed by atoms with Crippen molar-refractivity contribution < 1.29 is 28.8 Å². The van der Waals surface area contributed by atoms with E-state index in [1.165, 1.54) is 0 Å². The van der Waals surface area contributed by atoms with Gasteiger partial charge in [-0.05, 0) is 99.4 Å². The fourth-order valence-electron chi connectivity index (χ4n) is 5.71. The van der Waals surface area contributed by atoms with Crippen LogP contribution in [0.5, 0.6) is 0 Å². The second kappa shape index (κ2) is 9.93. The molecule has 0 aliphatic heterocycles. The van der Waals surface area contributed by atoms with E-state index in [0.717, 1.165) is 5.39 Å². The SMILES string of the molecule is [2H]c1c([2H])c([2H])c2c(-c3c4c([2H])c([2H])c([2H])c([2H])c4c(-c4c([2H])c([2H])c([2H])c5c([2H])c([2H])c([2H])c([2H])c45)c4c([2H])c(-c5ccc6ccccc6c5)c([2H])c([2H])c34)c([2H])c([2H])c([2H])c2c1[2H]. The molecule has 9 aromatic carbocycles. The maximum Gasteiger partial charge on any atom is 0.0636 e. The largest absolute Gasteiger partial charge is 0.0636 e. The van der Waals surface area contributed by atoms with Gasteiger partial charge in [-0.2, -0.15) is 0 Å². The standard InChI is InChI=1S/C44H28/c1-2-14-32-27-33(24-23-29(32)11-1)34-25-26-41-42(28-34)44(38-22-10-16-31-13-4-6-18-36(31)38)40-20-8-7-19-39(40)43(41)37-21-9-15-30-12-3-5-17-35(30)37/h1-28H/i3D,4D,5D,6D,7D,8D,9D,10D,12D,13D,15D,16D,17D,18D,19D,20D,21D,22D,25D,26D,28D. The molecule has 0 fully saturated rings. The van der Waals surface area contributed by atoms with Crippen LogP contribution in [0.1, 0.15) is 28.8 Å². The van der Waals surface area contributed by atoms with E-state index in [1.54, 1.807) is 36.4 Å². The van der Waals surface area contributed by atoms with Crippen molar-refractivity contribution in [1.29, 1.82) is 0 Å². The van der Waals surface area contributed by atoms with Gasteiger partial charge in [0.15, 0.2) is 0 Å². The number of hydrogen-bond donors (Lipinski definition) is 0. The molecule has 0 atom stereocenters. The van der Waals surface area contributed by atoms with Gasteiger partial charge in [0.25, 0.3) is 0 Å². The minimum absolute atomic E-state index is 0.213. The topological polar surface area (TPSA) is 0 Å². The molecule has 0 N–H and O–H groups in total. The molecule has 0 spiro atoms. The third-order valence-corrected chi connectivity index (χ3v) is 7.66. The van der Waals surface area contributed by atoms with Crippen LogP contribution in [-0.2, 0) is 0 Å². The molecule has 0 bridgehead atoms. The van der Waals surface area contributed by atoms with Gasteiger partial charge < -0.3 is 0 Å². The average molecular weight is 578 g/mol. The molecular weight excluding hydrogens is 528 g/mol. The van der Waals surface area contributed by atoms with Crippen molar-refractivity contribution in [1.82, 2.24) is 0 Å². The first-order valence-electron chi connectivity index (χ1n) is 24.1. The van der Waals surface area contributed by atoms with E-state index in [0.29, 0.717) is 5.39 Å². The van der Waals surface area contributed by atoms with Gasteiger partial charge in [-0.1, -0.05) is 157 Å². The molecule has 0 nitrogen and oxygen atoms in total. The van der Waals surface area contributed by atoms with Gasteiger partial charge >= 0.3 is 0 Å². The highest BCUT2D eigenvalue weighted by Crippen LogP contribution is 2.47. The zero-order valence-electron chi connectivity index (χ0n) is 43.5. The van der Waals surface area contributed by atoms with Gasteiger partial charge in [0, 0.05) is 0 Å². The van der Waals surface area contributed by atoms with Gasteiger partial charge in [-0.15, -0.1) is 0 Å². The third kappa shape index (κ3) is 3.85. The van der Waals surface area contributed by atoms with E-state index in [4.69, 9.17) is 19.2 Å². The molecule has 0 saturated heterocycles. The van der Waals surface area contributed by atoms with Gasteiger partial charge in [-0.3, -0.25) is 0 Å². The molecule has 0 amide bonds. The lowest BCUT2D eigenvalue weighted by molar-refractivity contribution is 1.66. The molecule has 0 aliphatic carbocycles. The van der Waals surface area contributed by atoms with Crippen LogP contribution < -0.4 is 0 Å². The van der Waals surface area contributed by atoms with Crippen LogP contribution in [0.2, 0.25) is 0 Å². The average Bonchev–Trinajstić information content (AvgIpc) is 3.29. The van der Waals surface area contributed by atoms with Crippen molar-refractivity contribution in [2.75, 3.05) is 0 Å². The molecule has 0 unspecified atom stereocenters. The van der Waals surface area contributed by atoms with Crippen molar-refractivity contribution in [3.63, 3.8) is 0 Å². The molecule has 0 radical (unpaired) electrons. The van der Waals surface area contributed by atoms with Crippen LogP contribution in [-0.4, -0.2) is 0 Å². The Balaban J connectivity index is 1.72. The van der Waals surface area contributed by atoms with Gasteiger partial charge in [0.2, 0.25) is 0 Å². The summed E-state index contributed by atoms with van der Waals surface area (Å²) in [4.78, 5) is 0. The molecule has 0 saturated carbocycles. The predicted molar refractivity (Wildman–Crippen MR) is 190 cm³/mol. The molecule has 0 aromatic heterocycles. The molecule has 0 aliphatic rings. The Morgan fingerprint density at radius 3 is 1.52 bits per heavy atom. The zero-order chi connectivity index (χ0) is 47.3. The fourth-order valence-corrected chi connectivity index (χ4v) is 5.71. The van der Waals surface area contributed by atoms with E-state index < -0.39 is 192 Å². The number of rotatable bonds is 3. The number of fused-ring (bicyclic) bond motifs is 5. The first kappa shape index (κ1) is 11.8. The lowest BCUT2D eigenvalue weighted by Crippen LogP contribution is -1.93. The lowest BCUT2D eigenvalue weighted by Gasteiger charge is -2.20. The third-order valence-electron chi connectivity index (χ3n) is 7.66. The zero-order valence-corrected chi connectivity index (χ0v) is 22.5. The first-order chi connectivity index (χ1) is 30.6. The molecule has 0 heteroatoms. The maximum atomic E-state index is 10.1. The molecular formula is C44H28. The molecule has 9 aromatic rings. The number of hydrogen-bond acceptors (Lipinski definition) is 0. The summed E-state index contributed by atoms with van der Waals surface area (Å²) >= 11 is 0. The monoisotopic (exact) mass is 577 g/mol. The van der Waals surface area contributed by atoms with Crippen LogP contribution in [0, 0.1) is 0 Å². The van der Waals surface area contributed by atoms with Crippen LogP contribution in [0.3, 0.4) is 0 Å². The Kier molecular flexibility index (Phi) is 2.65. The molecule has 9 rings (SSSR count). The maximum absolute atomic E-state index is 10.1. The highest BCUT2D eigenvalue weighted by atomic mass is 14.2. The number of benzene rings is 9. The Morgan fingerprint density at radius 1 is 0.341 bits per heavy atom. The summed E-state index contributed by atoms with van der Waals surface area (Å²) in [5.41, 5.74) is -2.29. The summed E-state index contributed by atoms with van der Waals surface area (Å²) in [6.45, 7) is 0. The normalized spacial score (nSPS) is 18.3. The summed E-state index contributed by atoms with van der Waals surface area (Å²) in [6.07, 6.45) is 0. The minimum atomic E-state index is -0.896. The van der Waals surface area contributed by atoms with Gasteiger partial charge in [0.1, 0.15) is 0 Å². The van der Waals surface area contributed by atoms with Crippen molar-refractivity contribution in [3.8, 4) is 33.4 Å². The summed E-state index contributed by atoms with van der Waals surface area (Å²) < 4.78 is 191. The van der Waals surface area contributed by atoms with Crippen molar-refractivity contribution >= 4 is 53.9 Å². The highest BCUT2D eigenvalue weighted by Gasteiger charge is 2.19. The van der Waals surface area contributed by atoms with E-state index in [-0.39, 0.29) is 11.1 Å². The molecule has 204 valence electrons. The molecule has 0 heterocycles. The Hall–Kier alpha value is -5.72. The Bertz CT molecular complexity index is 3710. The van der Waals surface area contributed by atoms with E-state index in [1.807, 2.05) is 6.07 Å². The van der Waals surface area contributed by atoms with Crippen LogP contribution in [0.25, 0.3) is 87.2 Å². The predicted octanol–water partition coefficient (Wildman–Crippen LogP) is 12.5. The van der Waals surface area contributed by atoms with Gasteiger partial charge in [0.05, 0.1) is 28.8 Å². The van der Waals surface area contributed by atoms with Crippen molar-refractivity contribution in [2.45, 2.75) is 0 Å². The van der Waals surface area contributed by atoms with Crippen LogP contribution in [0.15, 0.2) is 169 Å². The fraction of sp³-hybridized carbons (Fsp3) is 0. The van der Waals surface area contributed by atoms with Crippen LogP contribution in [0.4, 0.5) is 0 Å². The Labute approximate surface area is 286 Å². The summed E-state index contributed by atoms with van der Waals surface area (Å²) in [7, 11) is 0. The second-order valence-corrected chi connectivity index (χ2v) is 10.1. The van der Waals surface area contributed by atoms with Crippen molar-refractivity contribution in [3.05, 3.63) is 169 Å². The summed E-state index contributed by atoms with van der Waals surface area (Å²) in [5.74, 6) is 0. The van der Waals surface area contributed by atoms with E-state index in [9.17, 15) is 9.60 Å². The summed E-state index contributed by atoms with van der Waals surface area (Å²) in [5, 5.41) is -2.96. The van der Waals surface area contributed by atoms with E-state index >= 15 is 0 Å². The van der Waals surface area contributed by atoms with E-state index in [2.05, 4.69) is 0 Å². The van der Waals surface area contributed by atoms with Gasteiger partial charge in [-0.25, -0.2) is 0 Å². The highest BCUT2D eigenvalue weighted by molar-refractivity contribution is 6.25. The van der Waals surface area contributed by atoms with Crippen LogP contribution >= 0.6 is 0 Å². The molecule has 44 heavy (non-hydrogen) atoms. The first-order valence-corrected chi connectivity index (χ1v) is 13.6. The lowest BCUT2D eigenvalue weighted by atomic mass is 9.83. The van der Waals surface area contributed by atoms with Crippen molar-refractivity contribution in [2.24, 2.45) is 0 Å². The minimum Gasteiger partial charge on any atom is -0.0616 e. The quantitative estimate of drug-likeness (QED) is 0.183. The Morgan fingerprint density at radius 2 is 0.864 bits per heavy atom.